The summed E-state index contributed by atoms with van der Waals surface area (Å²) in [5.74, 6) is -0.419. The van der Waals surface area contributed by atoms with Crippen molar-refractivity contribution in [1.29, 1.82) is 0 Å². The van der Waals surface area contributed by atoms with Gasteiger partial charge in [0.15, 0.2) is 0 Å². The number of nitrogens with zero attached hydrogens (tertiary/aromatic N) is 4. The van der Waals surface area contributed by atoms with Crippen LogP contribution in [-0.2, 0) is 11.0 Å². The Morgan fingerprint density at radius 1 is 1.48 bits per heavy atom. The Morgan fingerprint density at radius 3 is 2.81 bits per heavy atom. The first-order chi connectivity index (χ1) is 9.84. The fraction of sp³-hybridized carbons (Fsp3) is 0.462. The molecule has 0 radical (unpaired) electrons. The molecule has 0 N–H and O–H groups in total. The van der Waals surface area contributed by atoms with Crippen molar-refractivity contribution in [3.8, 4) is 0 Å². The number of benzene rings is 1. The van der Waals surface area contributed by atoms with Gasteiger partial charge in [-0.3, -0.25) is 4.79 Å². The van der Waals surface area contributed by atoms with E-state index >= 15 is 0 Å². The smallest absolute Gasteiger partial charge is 0.312 e. The Bertz CT molecular complexity index is 608. The Morgan fingerprint density at radius 2 is 2.19 bits per heavy atom. The number of anilines is 1. The van der Waals surface area contributed by atoms with E-state index in [9.17, 15) is 18.0 Å². The van der Waals surface area contributed by atoms with Crippen LogP contribution in [0.1, 0.15) is 17.5 Å². The van der Waals surface area contributed by atoms with Crippen molar-refractivity contribution in [3.05, 3.63) is 39.8 Å². The second kappa shape index (κ2) is 5.65. The fourth-order valence-corrected chi connectivity index (χ4v) is 2.51. The Balaban J connectivity index is 2.31. The zero-order valence-corrected chi connectivity index (χ0v) is 11.3. The van der Waals surface area contributed by atoms with Crippen molar-refractivity contribution in [2.45, 2.75) is 19.5 Å². The lowest BCUT2D eigenvalue weighted by atomic mass is 10.1. The van der Waals surface area contributed by atoms with E-state index in [0.717, 1.165) is 6.07 Å². The molecule has 0 saturated carbocycles. The van der Waals surface area contributed by atoms with E-state index in [2.05, 4.69) is 10.0 Å². The van der Waals surface area contributed by atoms with Gasteiger partial charge in [0.2, 0.25) is 5.91 Å². The summed E-state index contributed by atoms with van der Waals surface area (Å²) in [4.78, 5) is 15.9. The minimum Gasteiger partial charge on any atom is -0.312 e. The molecule has 112 valence electrons. The number of hydrogen-bond donors (Lipinski definition) is 0. The number of amides is 1. The molecular formula is C13H13F3N4O. The Hall–Kier alpha value is -2.21. The maximum absolute atomic E-state index is 12.9. The minimum atomic E-state index is -4.45. The molecule has 21 heavy (non-hydrogen) atoms. The number of halogens is 3. The van der Waals surface area contributed by atoms with Crippen LogP contribution >= 0.6 is 0 Å². The molecule has 1 heterocycles. The number of azide groups is 1. The average Bonchev–Trinajstić information content (AvgIpc) is 2.76. The molecule has 1 aromatic rings. The first-order valence-electron chi connectivity index (χ1n) is 6.32. The quantitative estimate of drug-likeness (QED) is 0.477. The van der Waals surface area contributed by atoms with Gasteiger partial charge in [0.25, 0.3) is 0 Å². The number of alkyl halides is 3. The van der Waals surface area contributed by atoms with Crippen LogP contribution in [0.15, 0.2) is 23.3 Å². The maximum Gasteiger partial charge on any atom is 0.416 e. The summed E-state index contributed by atoms with van der Waals surface area (Å²) in [7, 11) is 0. The Kier molecular flexibility index (Phi) is 4.09. The summed E-state index contributed by atoms with van der Waals surface area (Å²) in [5, 5.41) is 3.42. The van der Waals surface area contributed by atoms with Crippen molar-refractivity contribution in [2.24, 2.45) is 11.0 Å². The normalized spacial score (nSPS) is 18.8. The first kappa shape index (κ1) is 15.2. The molecule has 1 saturated heterocycles. The van der Waals surface area contributed by atoms with E-state index in [1.165, 1.54) is 24.0 Å². The van der Waals surface area contributed by atoms with Gasteiger partial charge in [0.1, 0.15) is 0 Å². The van der Waals surface area contributed by atoms with E-state index in [0.29, 0.717) is 0 Å². The zero-order valence-electron chi connectivity index (χ0n) is 11.3. The number of carbonyl (C=O) groups excluding carboxylic acids is 1. The van der Waals surface area contributed by atoms with Crippen LogP contribution in [0.2, 0.25) is 0 Å². The third-order valence-electron chi connectivity index (χ3n) is 3.51. The van der Waals surface area contributed by atoms with Gasteiger partial charge >= 0.3 is 6.18 Å². The monoisotopic (exact) mass is 298 g/mol. The molecule has 0 spiro atoms. The highest BCUT2D eigenvalue weighted by Crippen LogP contribution is 2.37. The van der Waals surface area contributed by atoms with Crippen LogP contribution < -0.4 is 4.90 Å². The molecule has 1 atom stereocenters. The van der Waals surface area contributed by atoms with Crippen molar-refractivity contribution < 1.29 is 18.0 Å². The van der Waals surface area contributed by atoms with Gasteiger partial charge in [0, 0.05) is 30.1 Å². The third kappa shape index (κ3) is 3.11. The molecule has 1 aliphatic rings. The number of rotatable bonds is 3. The highest BCUT2D eigenvalue weighted by molar-refractivity contribution is 5.96. The molecule has 1 unspecified atom stereocenters. The topological polar surface area (TPSA) is 69.1 Å². The highest BCUT2D eigenvalue weighted by atomic mass is 19.4. The van der Waals surface area contributed by atoms with E-state index in [1.54, 1.807) is 0 Å². The lowest BCUT2D eigenvalue weighted by Gasteiger charge is -2.21. The van der Waals surface area contributed by atoms with Crippen LogP contribution in [0.25, 0.3) is 10.4 Å². The van der Waals surface area contributed by atoms with Crippen LogP contribution in [0.4, 0.5) is 18.9 Å². The largest absolute Gasteiger partial charge is 0.416 e. The van der Waals surface area contributed by atoms with Crippen molar-refractivity contribution in [3.63, 3.8) is 0 Å². The van der Waals surface area contributed by atoms with Gasteiger partial charge in [-0.2, -0.15) is 13.2 Å². The predicted molar refractivity (Wildman–Crippen MR) is 70.7 cm³/mol. The average molecular weight is 298 g/mol. The molecule has 1 aliphatic heterocycles. The van der Waals surface area contributed by atoms with Gasteiger partial charge in [-0.25, -0.2) is 0 Å². The van der Waals surface area contributed by atoms with Crippen molar-refractivity contribution >= 4 is 11.6 Å². The molecule has 0 aromatic heterocycles. The standard InChI is InChI=1S/C13H13F3N4O/c1-8-10(13(14,15)16)3-2-4-11(8)20-7-9(5-12(20)21)6-18-19-17/h2-4,9H,5-7H2,1H3. The summed E-state index contributed by atoms with van der Waals surface area (Å²) >= 11 is 0. The van der Waals surface area contributed by atoms with Crippen molar-refractivity contribution in [1.82, 2.24) is 0 Å². The van der Waals surface area contributed by atoms with E-state index in [1.807, 2.05) is 0 Å². The molecule has 1 amide bonds. The SMILES string of the molecule is Cc1c(N2CC(CN=[N+]=[N-])CC2=O)cccc1C(F)(F)F. The maximum atomic E-state index is 12.9. The molecular weight excluding hydrogens is 285 g/mol. The zero-order chi connectivity index (χ0) is 15.6. The highest BCUT2D eigenvalue weighted by Gasteiger charge is 2.36. The van der Waals surface area contributed by atoms with Crippen LogP contribution in [0.5, 0.6) is 0 Å². The molecule has 1 aromatic carbocycles. The third-order valence-corrected chi connectivity index (χ3v) is 3.51. The van der Waals surface area contributed by atoms with E-state index in [4.69, 9.17) is 5.53 Å². The minimum absolute atomic E-state index is 0.0304. The summed E-state index contributed by atoms with van der Waals surface area (Å²) < 4.78 is 38.7. The molecule has 2 rings (SSSR count). The number of hydrogen-bond acceptors (Lipinski definition) is 2. The predicted octanol–water partition coefficient (Wildman–Crippen LogP) is 3.68. The first-order valence-corrected chi connectivity index (χ1v) is 6.32. The summed E-state index contributed by atoms with van der Waals surface area (Å²) in [6, 6.07) is 3.79. The number of carbonyl (C=O) groups is 1. The van der Waals surface area contributed by atoms with Crippen LogP contribution in [0.3, 0.4) is 0 Å². The Labute approximate surface area is 119 Å². The molecule has 1 fully saturated rings. The van der Waals surface area contributed by atoms with Crippen molar-refractivity contribution in [2.75, 3.05) is 18.0 Å². The van der Waals surface area contributed by atoms with Gasteiger partial charge < -0.3 is 4.90 Å². The second-order valence-corrected chi connectivity index (χ2v) is 4.94. The molecule has 0 bridgehead atoms. The summed E-state index contributed by atoms with van der Waals surface area (Å²) in [6.45, 7) is 1.78. The fourth-order valence-electron chi connectivity index (χ4n) is 2.51. The molecule has 8 heteroatoms. The lowest BCUT2D eigenvalue weighted by Crippen LogP contribution is -2.26. The van der Waals surface area contributed by atoms with Crippen LogP contribution in [0, 0.1) is 12.8 Å². The summed E-state index contributed by atoms with van der Waals surface area (Å²) in [6.07, 6.45) is -4.28. The summed E-state index contributed by atoms with van der Waals surface area (Å²) in [5.41, 5.74) is 7.83. The van der Waals surface area contributed by atoms with Gasteiger partial charge in [-0.1, -0.05) is 11.2 Å². The van der Waals surface area contributed by atoms with Gasteiger partial charge in [0.05, 0.1) is 5.56 Å². The van der Waals surface area contributed by atoms with Gasteiger partial charge in [-0.05, 0) is 36.1 Å². The van der Waals surface area contributed by atoms with E-state index in [-0.39, 0.29) is 42.6 Å². The van der Waals surface area contributed by atoms with Gasteiger partial charge in [-0.15, -0.1) is 0 Å². The second-order valence-electron chi connectivity index (χ2n) is 4.94. The molecule has 0 aliphatic carbocycles. The molecule has 5 nitrogen and oxygen atoms in total. The van der Waals surface area contributed by atoms with Crippen LogP contribution in [-0.4, -0.2) is 19.0 Å². The lowest BCUT2D eigenvalue weighted by molar-refractivity contribution is -0.138. The van der Waals surface area contributed by atoms with E-state index < -0.39 is 11.7 Å².